The summed E-state index contributed by atoms with van der Waals surface area (Å²) in [6, 6.07) is 9.16. The van der Waals surface area contributed by atoms with Crippen LogP contribution >= 0.6 is 23.2 Å². The van der Waals surface area contributed by atoms with Gasteiger partial charge in [0.2, 0.25) is 0 Å². The third kappa shape index (κ3) is 3.65. The van der Waals surface area contributed by atoms with Gasteiger partial charge in [0.1, 0.15) is 18.2 Å². The SMILES string of the molecule is C/C(=N/O)c1ccc(F)cc1OCc1cccc(Cl)c1Cl. The van der Waals surface area contributed by atoms with Crippen molar-refractivity contribution in [3.63, 3.8) is 0 Å². The second-order valence-electron chi connectivity index (χ2n) is 4.33. The number of rotatable bonds is 4. The lowest BCUT2D eigenvalue weighted by Gasteiger charge is -2.12. The molecule has 6 heteroatoms. The fraction of sp³-hybridized carbons (Fsp3) is 0.133. The van der Waals surface area contributed by atoms with Crippen LogP contribution in [0.5, 0.6) is 5.75 Å². The minimum Gasteiger partial charge on any atom is -0.488 e. The molecule has 0 aliphatic heterocycles. The zero-order chi connectivity index (χ0) is 15.4. The summed E-state index contributed by atoms with van der Waals surface area (Å²) < 4.78 is 18.9. The number of hydrogen-bond acceptors (Lipinski definition) is 3. The molecule has 0 atom stereocenters. The lowest BCUT2D eigenvalue weighted by atomic mass is 10.1. The summed E-state index contributed by atoms with van der Waals surface area (Å²) in [6.07, 6.45) is 0. The van der Waals surface area contributed by atoms with Gasteiger partial charge < -0.3 is 9.94 Å². The summed E-state index contributed by atoms with van der Waals surface area (Å²) >= 11 is 12.0. The predicted octanol–water partition coefficient (Wildman–Crippen LogP) is 4.91. The molecule has 0 heterocycles. The number of hydrogen-bond donors (Lipinski definition) is 1. The average molecular weight is 328 g/mol. The van der Waals surface area contributed by atoms with E-state index in [1.54, 1.807) is 25.1 Å². The first-order valence-corrected chi connectivity index (χ1v) is 6.82. The largest absolute Gasteiger partial charge is 0.488 e. The van der Waals surface area contributed by atoms with Crippen LogP contribution in [0.3, 0.4) is 0 Å². The van der Waals surface area contributed by atoms with E-state index in [1.165, 1.54) is 18.2 Å². The van der Waals surface area contributed by atoms with Crippen LogP contribution in [0.25, 0.3) is 0 Å². The molecule has 2 aromatic carbocycles. The molecule has 0 aliphatic rings. The Bertz CT molecular complexity index is 689. The van der Waals surface area contributed by atoms with Gasteiger partial charge in [0.15, 0.2) is 0 Å². The van der Waals surface area contributed by atoms with E-state index >= 15 is 0 Å². The Kier molecular flexibility index (Phi) is 5.04. The first-order valence-electron chi connectivity index (χ1n) is 6.07. The van der Waals surface area contributed by atoms with Crippen molar-refractivity contribution in [2.24, 2.45) is 5.16 Å². The smallest absolute Gasteiger partial charge is 0.131 e. The zero-order valence-corrected chi connectivity index (χ0v) is 12.6. The van der Waals surface area contributed by atoms with Gasteiger partial charge in [-0.15, -0.1) is 0 Å². The van der Waals surface area contributed by atoms with E-state index in [4.69, 9.17) is 33.1 Å². The quantitative estimate of drug-likeness (QED) is 0.492. The minimum atomic E-state index is -0.448. The van der Waals surface area contributed by atoms with Crippen molar-refractivity contribution < 1.29 is 14.3 Å². The monoisotopic (exact) mass is 327 g/mol. The van der Waals surface area contributed by atoms with E-state index < -0.39 is 5.82 Å². The van der Waals surface area contributed by atoms with Crippen molar-refractivity contribution in [2.75, 3.05) is 0 Å². The van der Waals surface area contributed by atoms with Crippen molar-refractivity contribution >= 4 is 28.9 Å². The highest BCUT2D eigenvalue weighted by molar-refractivity contribution is 6.42. The molecule has 2 rings (SSSR count). The second kappa shape index (κ2) is 6.78. The van der Waals surface area contributed by atoms with E-state index in [0.717, 1.165) is 0 Å². The van der Waals surface area contributed by atoms with Crippen molar-refractivity contribution in [3.8, 4) is 5.75 Å². The minimum absolute atomic E-state index is 0.120. The highest BCUT2D eigenvalue weighted by Crippen LogP contribution is 2.28. The molecule has 0 amide bonds. The molecule has 0 saturated carbocycles. The average Bonchev–Trinajstić information content (AvgIpc) is 2.48. The molecular formula is C15H12Cl2FNO2. The molecule has 21 heavy (non-hydrogen) atoms. The summed E-state index contributed by atoms with van der Waals surface area (Å²) in [5.41, 5.74) is 1.50. The number of benzene rings is 2. The fourth-order valence-electron chi connectivity index (χ4n) is 1.78. The Morgan fingerprint density at radius 2 is 2.05 bits per heavy atom. The number of halogens is 3. The maximum Gasteiger partial charge on any atom is 0.131 e. The maximum absolute atomic E-state index is 13.4. The molecule has 0 saturated heterocycles. The Hall–Kier alpha value is -1.78. The summed E-state index contributed by atoms with van der Waals surface area (Å²) in [4.78, 5) is 0. The Labute approximate surface area is 131 Å². The standard InChI is InChI=1S/C15H12Cl2FNO2/c1-9(19-20)12-6-5-11(18)7-14(12)21-8-10-3-2-4-13(16)15(10)17/h2-7,20H,8H2,1H3/b19-9-. The number of nitrogens with zero attached hydrogens (tertiary/aromatic N) is 1. The van der Waals surface area contributed by atoms with E-state index in [9.17, 15) is 4.39 Å². The third-order valence-electron chi connectivity index (χ3n) is 2.90. The molecule has 0 bridgehead atoms. The highest BCUT2D eigenvalue weighted by Gasteiger charge is 2.11. The van der Waals surface area contributed by atoms with Gasteiger partial charge in [-0.2, -0.15) is 0 Å². The molecule has 0 spiro atoms. The van der Waals surface area contributed by atoms with E-state index in [1.807, 2.05) is 0 Å². The van der Waals surface area contributed by atoms with E-state index in [2.05, 4.69) is 5.16 Å². The van der Waals surface area contributed by atoms with Gasteiger partial charge in [-0.1, -0.05) is 40.5 Å². The summed E-state index contributed by atoms with van der Waals surface area (Å²) in [5.74, 6) is -0.182. The zero-order valence-electron chi connectivity index (χ0n) is 11.1. The molecule has 110 valence electrons. The van der Waals surface area contributed by atoms with Gasteiger partial charge in [0.05, 0.1) is 15.8 Å². The Balaban J connectivity index is 2.27. The second-order valence-corrected chi connectivity index (χ2v) is 5.11. The van der Waals surface area contributed by atoms with E-state index in [-0.39, 0.29) is 12.4 Å². The van der Waals surface area contributed by atoms with Gasteiger partial charge >= 0.3 is 0 Å². The highest BCUT2D eigenvalue weighted by atomic mass is 35.5. The van der Waals surface area contributed by atoms with Gasteiger partial charge in [0.25, 0.3) is 0 Å². The Morgan fingerprint density at radius 1 is 1.29 bits per heavy atom. The van der Waals surface area contributed by atoms with Crippen LogP contribution in [0.4, 0.5) is 4.39 Å². The molecule has 0 aromatic heterocycles. The first kappa shape index (κ1) is 15.6. The molecule has 0 fully saturated rings. The van der Waals surface area contributed by atoms with Crippen LogP contribution in [-0.4, -0.2) is 10.9 Å². The van der Waals surface area contributed by atoms with E-state index in [0.29, 0.717) is 26.9 Å². The molecule has 3 nitrogen and oxygen atoms in total. The van der Waals surface area contributed by atoms with Crippen molar-refractivity contribution in [2.45, 2.75) is 13.5 Å². The van der Waals surface area contributed by atoms with Crippen LogP contribution < -0.4 is 4.74 Å². The van der Waals surface area contributed by atoms with Gasteiger partial charge in [-0.25, -0.2) is 4.39 Å². The van der Waals surface area contributed by atoms with Crippen LogP contribution in [-0.2, 0) is 6.61 Å². The molecule has 1 N–H and O–H groups in total. The number of ether oxygens (including phenoxy) is 1. The molecule has 0 aliphatic carbocycles. The molecule has 0 radical (unpaired) electrons. The molecule has 2 aromatic rings. The summed E-state index contributed by atoms with van der Waals surface area (Å²) in [6.45, 7) is 1.71. The predicted molar refractivity (Wildman–Crippen MR) is 81.2 cm³/mol. The summed E-state index contributed by atoms with van der Waals surface area (Å²) in [7, 11) is 0. The van der Waals surface area contributed by atoms with Crippen LogP contribution in [0.1, 0.15) is 18.1 Å². The van der Waals surface area contributed by atoms with Crippen LogP contribution in [0, 0.1) is 5.82 Å². The summed E-state index contributed by atoms with van der Waals surface area (Å²) in [5, 5.41) is 12.8. The fourth-order valence-corrected chi connectivity index (χ4v) is 2.16. The number of oxime groups is 1. The molecule has 0 unspecified atom stereocenters. The maximum atomic E-state index is 13.4. The molecular weight excluding hydrogens is 316 g/mol. The van der Waals surface area contributed by atoms with Crippen LogP contribution in [0.2, 0.25) is 10.0 Å². The van der Waals surface area contributed by atoms with Crippen molar-refractivity contribution in [3.05, 3.63) is 63.4 Å². The normalized spacial score (nSPS) is 11.5. The lowest BCUT2D eigenvalue weighted by molar-refractivity contribution is 0.302. The third-order valence-corrected chi connectivity index (χ3v) is 3.76. The van der Waals surface area contributed by atoms with Gasteiger partial charge in [-0.3, -0.25) is 0 Å². The first-order chi connectivity index (χ1) is 10.0. The van der Waals surface area contributed by atoms with Crippen LogP contribution in [0.15, 0.2) is 41.6 Å². The van der Waals surface area contributed by atoms with Gasteiger partial charge in [0, 0.05) is 17.2 Å². The van der Waals surface area contributed by atoms with Crippen molar-refractivity contribution in [1.82, 2.24) is 0 Å². The topological polar surface area (TPSA) is 41.8 Å². The van der Waals surface area contributed by atoms with Crippen molar-refractivity contribution in [1.29, 1.82) is 0 Å². The van der Waals surface area contributed by atoms with Gasteiger partial charge in [-0.05, 0) is 25.1 Å². The lowest BCUT2D eigenvalue weighted by Crippen LogP contribution is -2.03. The Morgan fingerprint density at radius 3 is 2.76 bits per heavy atom.